The summed E-state index contributed by atoms with van der Waals surface area (Å²) in [6.45, 7) is 3.68. The highest BCUT2D eigenvalue weighted by Gasteiger charge is 2.28. The van der Waals surface area contributed by atoms with Gasteiger partial charge in [-0.1, -0.05) is 61.5 Å². The van der Waals surface area contributed by atoms with Crippen LogP contribution in [0.4, 0.5) is 10.5 Å². The molecule has 0 aliphatic rings. The van der Waals surface area contributed by atoms with Crippen LogP contribution in [0.15, 0.2) is 83.9 Å². The SMILES string of the molecule is CCC(=O)NCCNC(=O)NC(N)=NCCC[C@@H](NC(=O)C(c1ccccc1)c1ccc(NCCNC(=O)[C@H](N)CCCNC(=O)CNCCN(CCN(CCNCC(=O)O)CC(=O)O)CC(=O)O)cc1)C(=O)NCc1ccc(O)cc1. The normalized spacial score (nSPS) is 12.3. The first kappa shape index (κ1) is 67.8. The number of urea groups is 1. The van der Waals surface area contributed by atoms with Crippen molar-refractivity contribution in [1.29, 1.82) is 0 Å². The number of carboxylic acids is 3. The summed E-state index contributed by atoms with van der Waals surface area (Å²) in [4.78, 5) is 118. The van der Waals surface area contributed by atoms with Gasteiger partial charge in [-0.15, -0.1) is 0 Å². The van der Waals surface area contributed by atoms with Crippen molar-refractivity contribution in [2.24, 2.45) is 16.5 Å². The summed E-state index contributed by atoms with van der Waals surface area (Å²) in [7, 11) is 0. The van der Waals surface area contributed by atoms with Gasteiger partial charge in [0.15, 0.2) is 5.96 Å². The van der Waals surface area contributed by atoms with Crippen molar-refractivity contribution >= 4 is 65.1 Å². The van der Waals surface area contributed by atoms with E-state index >= 15 is 0 Å². The molecule has 3 aromatic carbocycles. The molecule has 1 unspecified atom stereocenters. The molecule has 82 heavy (non-hydrogen) atoms. The van der Waals surface area contributed by atoms with Gasteiger partial charge in [0.25, 0.3) is 0 Å². The number of aliphatic carboxylic acids is 3. The minimum atomic E-state index is -1.08. The summed E-state index contributed by atoms with van der Waals surface area (Å²) in [5, 5.41) is 65.0. The van der Waals surface area contributed by atoms with Crippen LogP contribution in [-0.2, 0) is 44.9 Å². The predicted octanol–water partition coefficient (Wildman–Crippen LogP) is -1.97. The number of benzene rings is 3. The first-order valence-corrected chi connectivity index (χ1v) is 27.0. The quantitative estimate of drug-likeness (QED) is 0.0167. The third kappa shape index (κ3) is 29.7. The number of anilines is 1. The molecule has 18 N–H and O–H groups in total. The summed E-state index contributed by atoms with van der Waals surface area (Å²) in [6, 6.07) is 20.1. The molecule has 0 saturated carbocycles. The molecule has 0 bridgehead atoms. The Morgan fingerprint density at radius 3 is 1.80 bits per heavy atom. The average Bonchev–Trinajstić information content (AvgIpc) is 3.45. The Morgan fingerprint density at radius 2 is 1.18 bits per heavy atom. The van der Waals surface area contributed by atoms with Crippen LogP contribution in [0.1, 0.15) is 61.6 Å². The lowest BCUT2D eigenvalue weighted by Crippen LogP contribution is -2.48. The average molecular weight is 1150 g/mol. The van der Waals surface area contributed by atoms with E-state index in [1.807, 2.05) is 30.3 Å². The van der Waals surface area contributed by atoms with Crippen molar-refractivity contribution < 1.29 is 63.6 Å². The lowest BCUT2D eigenvalue weighted by molar-refractivity contribution is -0.140. The smallest absolute Gasteiger partial charge is 0.321 e. The van der Waals surface area contributed by atoms with Crippen LogP contribution in [-0.4, -0.2) is 206 Å². The summed E-state index contributed by atoms with van der Waals surface area (Å²) in [5.41, 5.74) is 14.8. The molecular weight excluding hydrogens is 1070 g/mol. The Morgan fingerprint density at radius 1 is 0.585 bits per heavy atom. The Hall–Kier alpha value is -8.44. The van der Waals surface area contributed by atoms with E-state index in [1.165, 1.54) is 12.1 Å². The Kier molecular flexibility index (Phi) is 32.3. The number of amides is 7. The topological polar surface area (TPSA) is 426 Å². The second-order valence-corrected chi connectivity index (χ2v) is 18.8. The zero-order chi connectivity index (χ0) is 60.1. The fourth-order valence-electron chi connectivity index (χ4n) is 7.93. The minimum Gasteiger partial charge on any atom is -0.508 e. The van der Waals surface area contributed by atoms with Crippen molar-refractivity contribution in [3.05, 3.63) is 95.6 Å². The second-order valence-electron chi connectivity index (χ2n) is 18.8. The molecule has 3 rings (SSSR count). The summed E-state index contributed by atoms with van der Waals surface area (Å²) in [6.07, 6.45) is 1.48. The lowest BCUT2D eigenvalue weighted by Gasteiger charge is -2.26. The van der Waals surface area contributed by atoms with Crippen molar-refractivity contribution in [3.63, 3.8) is 0 Å². The van der Waals surface area contributed by atoms with Gasteiger partial charge < -0.3 is 79.7 Å². The first-order chi connectivity index (χ1) is 39.3. The number of guanidine groups is 1. The number of nitrogens with one attached hydrogen (secondary N) is 10. The van der Waals surface area contributed by atoms with Gasteiger partial charge in [-0.2, -0.15) is 0 Å². The molecule has 0 spiro atoms. The van der Waals surface area contributed by atoms with Gasteiger partial charge in [0.1, 0.15) is 11.8 Å². The van der Waals surface area contributed by atoms with Crippen molar-refractivity contribution in [2.45, 2.75) is 63.6 Å². The number of phenols is 1. The molecule has 3 aromatic rings. The molecular formula is C54H81N15O13. The van der Waals surface area contributed by atoms with E-state index in [0.29, 0.717) is 49.0 Å². The number of nitrogens with two attached hydrogens (primary N) is 2. The fraction of sp³-hybridized carbons (Fsp3) is 0.481. The highest BCUT2D eigenvalue weighted by Crippen LogP contribution is 2.27. The van der Waals surface area contributed by atoms with Crippen molar-refractivity contribution in [2.75, 3.05) is 110 Å². The maximum Gasteiger partial charge on any atom is 0.321 e. The summed E-state index contributed by atoms with van der Waals surface area (Å²) >= 11 is 0. The van der Waals surface area contributed by atoms with Gasteiger partial charge in [0.2, 0.25) is 29.5 Å². The molecule has 450 valence electrons. The van der Waals surface area contributed by atoms with Crippen LogP contribution in [0.2, 0.25) is 0 Å². The summed E-state index contributed by atoms with van der Waals surface area (Å²) < 4.78 is 0. The number of phenolic OH excluding ortho intramolecular Hbond substituents is 1. The number of aromatic hydroxyl groups is 1. The number of carbonyl (C=O) groups is 9. The largest absolute Gasteiger partial charge is 0.508 e. The number of carboxylic acid groups (broad SMARTS) is 3. The number of rotatable bonds is 41. The number of carbonyl (C=O) groups excluding carboxylic acids is 6. The molecule has 3 atom stereocenters. The van der Waals surface area contributed by atoms with Crippen LogP contribution in [0.25, 0.3) is 0 Å². The van der Waals surface area contributed by atoms with Gasteiger partial charge in [-0.05, 0) is 66.6 Å². The lowest BCUT2D eigenvalue weighted by atomic mass is 9.90. The highest BCUT2D eigenvalue weighted by atomic mass is 16.4. The third-order valence-electron chi connectivity index (χ3n) is 12.2. The maximum atomic E-state index is 14.3. The molecule has 0 saturated heterocycles. The molecule has 0 radical (unpaired) electrons. The second kappa shape index (κ2) is 39.0. The van der Waals surface area contributed by atoms with E-state index in [9.17, 15) is 58.5 Å². The number of aliphatic imine (C=N–C) groups is 1. The standard InChI is InChI=1S/C54H81N15O13/c1-2-44(71)61-23-25-64-54(82)67-53(56)63-21-7-11-43(51(80)65-32-37-12-18-41(70)19-13-37)66-52(81)49(38-8-4-3-5-9-38)39-14-16-40(17-15-39)59-22-24-62-50(79)42(55)10-6-20-60-45(72)33-57-26-28-68(35-47(75)76)30-31-69(36-48(77)78)29-27-58-34-46(73)74/h3-5,8-9,12-19,42-43,49,57-59,70H,2,6-7,10-11,20-36,55H2,1H3,(H,60,72)(H,61,71)(H,62,79)(H,65,80)(H,66,81)(H,73,74)(H,75,76)(H,77,78)(H4,56,63,64,67,82)/t42-,43-,49?/m1/s1. The van der Waals surface area contributed by atoms with Crippen LogP contribution in [0.3, 0.4) is 0 Å². The zero-order valence-electron chi connectivity index (χ0n) is 46.3. The molecule has 0 aromatic heterocycles. The van der Waals surface area contributed by atoms with Gasteiger partial charge in [-0.25, -0.2) is 4.79 Å². The number of hydrogen-bond acceptors (Lipinski definition) is 17. The van der Waals surface area contributed by atoms with Crippen LogP contribution >= 0.6 is 0 Å². The zero-order valence-corrected chi connectivity index (χ0v) is 46.3. The van der Waals surface area contributed by atoms with Gasteiger partial charge in [0.05, 0.1) is 38.1 Å². The Labute approximate surface area is 476 Å². The molecule has 0 aliphatic heterocycles. The monoisotopic (exact) mass is 1150 g/mol. The van der Waals surface area contributed by atoms with Crippen LogP contribution in [0, 0.1) is 0 Å². The van der Waals surface area contributed by atoms with E-state index in [-0.39, 0.29) is 141 Å². The third-order valence-corrected chi connectivity index (χ3v) is 12.2. The molecule has 0 heterocycles. The summed E-state index contributed by atoms with van der Waals surface area (Å²) in [5.74, 6) is -5.85. The molecule has 28 heteroatoms. The number of hydrogen-bond donors (Lipinski definition) is 16. The van der Waals surface area contributed by atoms with Gasteiger partial charge in [-0.3, -0.25) is 58.5 Å². The number of nitrogens with zero attached hydrogens (tertiary/aromatic N) is 3. The van der Waals surface area contributed by atoms with Gasteiger partial charge in [0, 0.05) is 97.2 Å². The first-order valence-electron chi connectivity index (χ1n) is 27.0. The van der Waals surface area contributed by atoms with E-state index in [1.54, 1.807) is 53.1 Å². The molecule has 0 aliphatic carbocycles. The van der Waals surface area contributed by atoms with Crippen LogP contribution < -0.4 is 64.6 Å². The van der Waals surface area contributed by atoms with E-state index in [4.69, 9.17) is 16.6 Å². The predicted molar refractivity (Wildman–Crippen MR) is 305 cm³/mol. The van der Waals surface area contributed by atoms with E-state index < -0.39 is 53.8 Å². The molecule has 7 amide bonds. The molecule has 28 nitrogen and oxygen atoms in total. The van der Waals surface area contributed by atoms with Crippen molar-refractivity contribution in [1.82, 2.24) is 57.7 Å². The Bertz CT molecular complexity index is 2510. The maximum absolute atomic E-state index is 14.3. The highest BCUT2D eigenvalue weighted by molar-refractivity contribution is 5.95. The van der Waals surface area contributed by atoms with Crippen LogP contribution in [0.5, 0.6) is 5.75 Å². The molecule has 0 fully saturated rings. The van der Waals surface area contributed by atoms with E-state index in [0.717, 1.165) is 5.56 Å². The van der Waals surface area contributed by atoms with E-state index in [2.05, 4.69) is 58.2 Å². The Balaban J connectivity index is 1.47. The minimum absolute atomic E-state index is 0.0534. The van der Waals surface area contributed by atoms with Crippen molar-refractivity contribution in [3.8, 4) is 5.75 Å². The fourth-order valence-corrected chi connectivity index (χ4v) is 7.93. The van der Waals surface area contributed by atoms with Gasteiger partial charge >= 0.3 is 23.9 Å².